The van der Waals surface area contributed by atoms with E-state index in [2.05, 4.69) is 217 Å². The van der Waals surface area contributed by atoms with Crippen LogP contribution in [0.1, 0.15) is 92.5 Å². The van der Waals surface area contributed by atoms with Crippen molar-refractivity contribution in [3.63, 3.8) is 0 Å². The highest BCUT2D eigenvalue weighted by molar-refractivity contribution is 6.12. The number of hydrogen-bond donors (Lipinski definition) is 0. The molecule has 12 rings (SSSR count). The summed E-state index contributed by atoms with van der Waals surface area (Å²) in [5.41, 5.74) is 27.3. The van der Waals surface area contributed by atoms with Gasteiger partial charge < -0.3 is 13.3 Å². The van der Waals surface area contributed by atoms with Gasteiger partial charge in [-0.2, -0.15) is 0 Å². The molecule has 0 unspecified atom stereocenters. The van der Waals surface area contributed by atoms with Gasteiger partial charge in [0.1, 0.15) is 21.1 Å². The minimum atomic E-state index is 0.483. The highest BCUT2D eigenvalue weighted by Gasteiger charge is 2.26. The molecule has 0 bridgehead atoms. The SMILES string of the molecule is Cc1ccc(-c2c(C)cc(C)c3c2oc2nc(C)ccc23)[n+](C)c1.Cc1ccc2c(n1)oc1c(-c3cc(C(C)C)cc[n+]3C)c(C)cc(C)c12.Cc1ccc2c(n1)oc1c(-c3cc(C)c(C)c[n+]3C)c(C)cc(C)c12. The Hall–Kier alpha value is -8.04. The second-order valence-corrected chi connectivity index (χ2v) is 21.4. The van der Waals surface area contributed by atoms with Crippen molar-refractivity contribution in [3.05, 3.63) is 176 Å². The fraction of sp³-hybridized carbons (Fsp3) is 0.273. The largest absolute Gasteiger partial charge is 0.437 e. The molecule has 0 amide bonds. The zero-order valence-electron chi connectivity index (χ0n) is 46.8. The minimum Gasteiger partial charge on any atom is -0.437 e. The van der Waals surface area contributed by atoms with E-state index in [9.17, 15) is 0 Å². The Morgan fingerprint density at radius 3 is 1.19 bits per heavy atom. The van der Waals surface area contributed by atoms with Crippen LogP contribution in [0.5, 0.6) is 0 Å². The van der Waals surface area contributed by atoms with Gasteiger partial charge in [-0.05, 0) is 176 Å². The lowest BCUT2D eigenvalue weighted by molar-refractivity contribution is -0.660. The first-order chi connectivity index (χ1) is 35.7. The Morgan fingerprint density at radius 2 is 0.773 bits per heavy atom. The molecule has 9 heterocycles. The zero-order valence-corrected chi connectivity index (χ0v) is 46.8. The summed E-state index contributed by atoms with van der Waals surface area (Å²) in [4.78, 5) is 13.8. The molecule has 0 atom stereocenters. The average molecular weight is 994 g/mol. The van der Waals surface area contributed by atoms with Crippen LogP contribution in [0.15, 0.2) is 117 Å². The van der Waals surface area contributed by atoms with E-state index in [0.717, 1.165) is 89.5 Å². The molecule has 0 aliphatic rings. The lowest BCUT2D eigenvalue weighted by atomic mass is 9.95. The number of rotatable bonds is 4. The highest BCUT2D eigenvalue weighted by Crippen LogP contribution is 2.42. The van der Waals surface area contributed by atoms with Crippen LogP contribution in [0.2, 0.25) is 0 Å². The molecule has 0 aliphatic carbocycles. The maximum absolute atomic E-state index is 6.31. The topological polar surface area (TPSA) is 89.7 Å². The Labute approximate surface area is 440 Å². The fourth-order valence-corrected chi connectivity index (χ4v) is 11.1. The van der Waals surface area contributed by atoms with Crippen LogP contribution in [0, 0.1) is 83.1 Å². The van der Waals surface area contributed by atoms with E-state index in [-0.39, 0.29) is 0 Å². The highest BCUT2D eigenvalue weighted by atomic mass is 16.3. The van der Waals surface area contributed by atoms with Crippen LogP contribution in [-0.4, -0.2) is 15.0 Å². The molecule has 0 saturated carbocycles. The van der Waals surface area contributed by atoms with Gasteiger partial charge >= 0.3 is 0 Å². The van der Waals surface area contributed by atoms with Crippen molar-refractivity contribution in [1.82, 2.24) is 15.0 Å². The van der Waals surface area contributed by atoms with Gasteiger partial charge in [-0.3, -0.25) is 0 Å². The predicted octanol–water partition coefficient (Wildman–Crippen LogP) is 15.2. The Kier molecular flexibility index (Phi) is 13.0. The second kappa shape index (κ2) is 19.3. The molecule has 9 aromatic heterocycles. The number of aromatic nitrogens is 6. The van der Waals surface area contributed by atoms with Crippen LogP contribution in [-0.2, 0) is 21.1 Å². The van der Waals surface area contributed by atoms with Gasteiger partial charge in [0.25, 0.3) is 0 Å². The van der Waals surface area contributed by atoms with Gasteiger partial charge in [0, 0.05) is 84.8 Å². The molecule has 0 N–H and O–H groups in total. The molecular formula is C66H69N6O3+3. The van der Waals surface area contributed by atoms with E-state index >= 15 is 0 Å². The van der Waals surface area contributed by atoms with Crippen molar-refractivity contribution in [3.8, 4) is 33.8 Å². The van der Waals surface area contributed by atoms with E-state index in [0.29, 0.717) is 5.92 Å². The third kappa shape index (κ3) is 9.02. The third-order valence-corrected chi connectivity index (χ3v) is 15.1. The smallest absolute Gasteiger partial charge is 0.227 e. The Bertz CT molecular complexity index is 4280. The van der Waals surface area contributed by atoms with E-state index in [1.165, 1.54) is 83.2 Å². The molecule has 0 radical (unpaired) electrons. The first kappa shape index (κ1) is 50.5. The molecule has 0 fully saturated rings. The molecule has 12 aromatic rings. The van der Waals surface area contributed by atoms with Crippen LogP contribution in [0.4, 0.5) is 0 Å². The summed E-state index contributed by atoms with van der Waals surface area (Å²) in [6, 6.07) is 30.3. The summed E-state index contributed by atoms with van der Waals surface area (Å²) in [5.74, 6) is 0.483. The number of furan rings is 3. The number of nitrogens with zero attached hydrogens (tertiary/aromatic N) is 6. The number of benzene rings is 3. The van der Waals surface area contributed by atoms with Crippen molar-refractivity contribution in [2.75, 3.05) is 0 Å². The van der Waals surface area contributed by atoms with E-state index < -0.39 is 0 Å². The van der Waals surface area contributed by atoms with Gasteiger partial charge in [0.05, 0.1) is 16.7 Å². The van der Waals surface area contributed by atoms with Gasteiger partial charge in [-0.25, -0.2) is 28.7 Å². The van der Waals surface area contributed by atoms with Crippen LogP contribution in [0.3, 0.4) is 0 Å². The third-order valence-electron chi connectivity index (χ3n) is 15.1. The maximum Gasteiger partial charge on any atom is 0.227 e. The summed E-state index contributed by atoms with van der Waals surface area (Å²) < 4.78 is 25.4. The van der Waals surface area contributed by atoms with E-state index in [1.54, 1.807) is 0 Å². The average Bonchev–Trinajstić information content (AvgIpc) is 4.03. The normalized spacial score (nSPS) is 11.7. The molecule has 75 heavy (non-hydrogen) atoms. The van der Waals surface area contributed by atoms with Crippen molar-refractivity contribution >= 4 is 66.2 Å². The van der Waals surface area contributed by atoms with Crippen LogP contribution in [0.25, 0.3) is 100.0 Å². The fourth-order valence-electron chi connectivity index (χ4n) is 11.1. The Balaban J connectivity index is 0.000000128. The summed E-state index contributed by atoms with van der Waals surface area (Å²) >= 11 is 0. The first-order valence-electron chi connectivity index (χ1n) is 26.0. The molecule has 0 spiro atoms. The maximum atomic E-state index is 6.31. The van der Waals surface area contributed by atoms with Gasteiger partial charge in [-0.15, -0.1) is 0 Å². The lowest BCUT2D eigenvalue weighted by Crippen LogP contribution is -2.31. The van der Waals surface area contributed by atoms with Crippen LogP contribution >= 0.6 is 0 Å². The standard InChI is InChI=1S/C23H25N2O.C22H23N2O.C21H21N2O/c1-13(2)17-9-10-25(6)19(12-17)21-15(4)11-14(3)20-18-8-7-16(5)24-23(18)26-22(20)21;1-12-10-18(24(6)11-15(12)4)20-14(3)9-13(2)19-17-8-7-16(5)23-22(17)25-21(19)20;1-12-6-9-17(23(5)11-12)19-14(3)10-13(2)18-16-8-7-15(4)22-21(16)24-20(18)19/h7-13H,1-6H3;7-11H,1-6H3;6-11H,1-5H3/q3*+1. The van der Waals surface area contributed by atoms with Crippen LogP contribution < -0.4 is 13.7 Å². The number of fused-ring (bicyclic) bond motifs is 9. The minimum absolute atomic E-state index is 0.483. The van der Waals surface area contributed by atoms with Crippen molar-refractivity contribution < 1.29 is 27.0 Å². The van der Waals surface area contributed by atoms with E-state index in [1.807, 2.05) is 32.9 Å². The quantitative estimate of drug-likeness (QED) is 0.163. The number of aryl methyl sites for hydroxylation is 15. The number of pyridine rings is 6. The summed E-state index contributed by atoms with van der Waals surface area (Å²) in [5, 5.41) is 6.77. The van der Waals surface area contributed by atoms with Gasteiger partial charge in [0.15, 0.2) is 35.3 Å². The molecule has 9 nitrogen and oxygen atoms in total. The molecule has 0 saturated heterocycles. The first-order valence-corrected chi connectivity index (χ1v) is 26.0. The van der Waals surface area contributed by atoms with Gasteiger partial charge in [0.2, 0.25) is 34.2 Å². The van der Waals surface area contributed by atoms with Crippen molar-refractivity contribution in [2.24, 2.45) is 21.1 Å². The molecule has 378 valence electrons. The van der Waals surface area contributed by atoms with Crippen molar-refractivity contribution in [1.29, 1.82) is 0 Å². The summed E-state index contributed by atoms with van der Waals surface area (Å²) in [6.07, 6.45) is 6.47. The molecular weight excluding hydrogens is 925 g/mol. The zero-order chi connectivity index (χ0) is 53.5. The molecule has 0 aliphatic heterocycles. The Morgan fingerprint density at radius 1 is 0.373 bits per heavy atom. The predicted molar refractivity (Wildman–Crippen MR) is 305 cm³/mol. The van der Waals surface area contributed by atoms with E-state index in [4.69, 9.17) is 13.3 Å². The monoisotopic (exact) mass is 994 g/mol. The number of hydrogen-bond acceptors (Lipinski definition) is 6. The summed E-state index contributed by atoms with van der Waals surface area (Å²) in [6.45, 7) is 29.7. The molecule has 3 aromatic carbocycles. The summed E-state index contributed by atoms with van der Waals surface area (Å²) in [7, 11) is 6.27. The molecule has 9 heteroatoms. The van der Waals surface area contributed by atoms with Crippen molar-refractivity contribution in [2.45, 2.75) is 103 Å². The van der Waals surface area contributed by atoms with Gasteiger partial charge in [-0.1, -0.05) is 32.0 Å². The second-order valence-electron chi connectivity index (χ2n) is 21.4. The lowest BCUT2D eigenvalue weighted by Gasteiger charge is -2.10.